The van der Waals surface area contributed by atoms with E-state index in [1.165, 1.54) is 0 Å². The summed E-state index contributed by atoms with van der Waals surface area (Å²) in [5.41, 5.74) is 0.968. The predicted octanol–water partition coefficient (Wildman–Crippen LogP) is 4.20. The molecule has 6 nitrogen and oxygen atoms in total. The van der Waals surface area contributed by atoms with Gasteiger partial charge in [-0.15, -0.1) is 0 Å². The number of rotatable bonds is 6. The lowest BCUT2D eigenvalue weighted by atomic mass is 9.73. The molecule has 1 saturated heterocycles. The predicted molar refractivity (Wildman–Crippen MR) is 118 cm³/mol. The van der Waals surface area contributed by atoms with Crippen LogP contribution in [0.3, 0.4) is 0 Å². The zero-order valence-electron chi connectivity index (χ0n) is 19.6. The molecule has 206 valence electrons. The Hall–Kier alpha value is -3.19. The summed E-state index contributed by atoms with van der Waals surface area (Å²) < 4.78 is 93.9. The van der Waals surface area contributed by atoms with Crippen molar-refractivity contribution >= 4 is 11.8 Å². The third kappa shape index (κ3) is 4.62. The Balaban J connectivity index is 1.79. The number of carbonyl (C=O) groups is 2. The van der Waals surface area contributed by atoms with Gasteiger partial charge in [-0.1, -0.05) is 18.2 Å². The van der Waals surface area contributed by atoms with E-state index in [9.17, 15) is 46.1 Å². The smallest absolute Gasteiger partial charge is 0.368 e. The van der Waals surface area contributed by atoms with Crippen LogP contribution in [-0.4, -0.2) is 45.2 Å². The van der Waals surface area contributed by atoms with E-state index in [1.807, 2.05) is 0 Å². The number of hydrogen-bond acceptors (Lipinski definition) is 4. The molecule has 1 heterocycles. The van der Waals surface area contributed by atoms with Gasteiger partial charge in [0.15, 0.2) is 0 Å². The molecule has 2 aromatic carbocycles. The highest BCUT2D eigenvalue weighted by molar-refractivity contribution is 6.00. The Bertz CT molecular complexity index is 1260. The Morgan fingerprint density at radius 2 is 1.66 bits per heavy atom. The molecule has 38 heavy (non-hydrogen) atoms. The third-order valence-electron chi connectivity index (χ3n) is 7.27. The van der Waals surface area contributed by atoms with Crippen molar-refractivity contribution < 1.29 is 50.5 Å². The fourth-order valence-corrected chi connectivity index (χ4v) is 5.33. The first kappa shape index (κ1) is 27.8. The Morgan fingerprint density at radius 1 is 1.00 bits per heavy atom. The number of amides is 2. The van der Waals surface area contributed by atoms with Gasteiger partial charge < -0.3 is 20.8 Å². The molecule has 0 unspecified atom stereocenters. The average Bonchev–Trinajstić information content (AvgIpc) is 3.55. The molecule has 4 N–H and O–H groups in total. The summed E-state index contributed by atoms with van der Waals surface area (Å²) in [5, 5.41) is 19.2. The number of aliphatic hydroxyl groups is 2. The van der Waals surface area contributed by atoms with E-state index in [2.05, 4.69) is 0 Å². The number of nitrogens with zero attached hydrogens (tertiary/aromatic N) is 1. The molecule has 1 aliphatic heterocycles. The maximum atomic E-state index is 15.1. The second-order valence-electron chi connectivity index (χ2n) is 9.65. The van der Waals surface area contributed by atoms with E-state index in [4.69, 9.17) is 5.73 Å². The van der Waals surface area contributed by atoms with E-state index in [0.29, 0.717) is 31.0 Å². The van der Waals surface area contributed by atoms with Crippen LogP contribution in [0.4, 0.5) is 30.7 Å². The zero-order valence-corrected chi connectivity index (χ0v) is 19.6. The van der Waals surface area contributed by atoms with Gasteiger partial charge in [0.2, 0.25) is 5.91 Å². The van der Waals surface area contributed by atoms with Crippen molar-refractivity contribution in [2.75, 3.05) is 6.54 Å². The Morgan fingerprint density at radius 3 is 2.18 bits per heavy atom. The van der Waals surface area contributed by atoms with Gasteiger partial charge in [-0.3, -0.25) is 9.59 Å². The van der Waals surface area contributed by atoms with E-state index in [1.54, 1.807) is 0 Å². The summed E-state index contributed by atoms with van der Waals surface area (Å²) in [6.45, 7) is -0.0971. The van der Waals surface area contributed by atoms with Crippen LogP contribution in [0.25, 0.3) is 0 Å². The molecular weight excluding hydrogens is 525 g/mol. The molecule has 2 fully saturated rings. The second kappa shape index (κ2) is 9.23. The topological polar surface area (TPSA) is 104 Å². The van der Waals surface area contributed by atoms with Crippen LogP contribution in [0.1, 0.15) is 58.6 Å². The van der Waals surface area contributed by atoms with Crippen LogP contribution in [0.15, 0.2) is 42.5 Å². The summed E-state index contributed by atoms with van der Waals surface area (Å²) in [6, 6.07) is 5.36. The lowest BCUT2D eigenvalue weighted by molar-refractivity contribution is -0.358. The molecule has 4 rings (SSSR count). The number of nitrogens with two attached hydrogens (primary N) is 1. The average molecular weight is 548 g/mol. The van der Waals surface area contributed by atoms with E-state index in [0.717, 1.165) is 29.2 Å². The number of carbonyl (C=O) groups excluding carboxylic acids is 2. The number of hydrogen-bond donors (Lipinski definition) is 3. The van der Waals surface area contributed by atoms with Gasteiger partial charge in [0.1, 0.15) is 11.4 Å². The SMILES string of the molecule is NC(=O)[C@@]1([C@@H](c2ccc(C(F)(F)F)cc2F)C2CC2)CCCN1C(=O)c1cccc(C(O)(O)C(F)(F)F)c1. The van der Waals surface area contributed by atoms with Gasteiger partial charge in [-0.25, -0.2) is 4.39 Å². The molecule has 1 aliphatic carbocycles. The van der Waals surface area contributed by atoms with Crippen LogP contribution >= 0.6 is 0 Å². The van der Waals surface area contributed by atoms with Gasteiger partial charge in [0.05, 0.1) is 5.56 Å². The van der Waals surface area contributed by atoms with Gasteiger partial charge in [0.25, 0.3) is 11.7 Å². The molecule has 0 radical (unpaired) electrons. The summed E-state index contributed by atoms with van der Waals surface area (Å²) in [7, 11) is 0. The molecule has 2 atom stereocenters. The first-order valence-electron chi connectivity index (χ1n) is 11.6. The van der Waals surface area contributed by atoms with Gasteiger partial charge in [0, 0.05) is 23.6 Å². The minimum atomic E-state index is -5.49. The van der Waals surface area contributed by atoms with Crippen molar-refractivity contribution in [2.45, 2.75) is 55.3 Å². The summed E-state index contributed by atoms with van der Waals surface area (Å²) >= 11 is 0. The lowest BCUT2D eigenvalue weighted by Crippen LogP contribution is -2.60. The minimum absolute atomic E-state index is 0.0537. The van der Waals surface area contributed by atoms with Crippen LogP contribution < -0.4 is 5.73 Å². The number of likely N-dealkylation sites (tertiary alicyclic amines) is 1. The standard InChI is InChI=1S/C25H23F7N2O4/c26-18-12-16(24(27,28)29)7-8-17(18)19(13-5-6-13)22(21(33)36)9-2-10-34(22)20(35)14-3-1-4-15(11-14)23(37,38)25(30,31)32/h1,3-4,7-8,11-13,19,37-38H,2,5-6,9-10H2,(H2,33,36)/t19-,22+/m1/s1. The fourth-order valence-electron chi connectivity index (χ4n) is 5.33. The van der Waals surface area contributed by atoms with E-state index >= 15 is 4.39 Å². The lowest BCUT2D eigenvalue weighted by Gasteiger charge is -2.43. The number of primary amides is 1. The Labute approximate surface area is 211 Å². The van der Waals surface area contributed by atoms with Crippen molar-refractivity contribution in [3.63, 3.8) is 0 Å². The van der Waals surface area contributed by atoms with Crippen LogP contribution in [0.5, 0.6) is 0 Å². The normalized spacial score (nSPS) is 21.4. The molecule has 2 aromatic rings. The van der Waals surface area contributed by atoms with Crippen LogP contribution in [0.2, 0.25) is 0 Å². The van der Waals surface area contributed by atoms with Crippen LogP contribution in [0, 0.1) is 11.7 Å². The van der Waals surface area contributed by atoms with Crippen molar-refractivity contribution in [2.24, 2.45) is 11.7 Å². The highest BCUT2D eigenvalue weighted by atomic mass is 19.4. The van der Waals surface area contributed by atoms with E-state index in [-0.39, 0.29) is 30.9 Å². The molecule has 2 amide bonds. The van der Waals surface area contributed by atoms with E-state index < -0.39 is 63.9 Å². The zero-order chi connectivity index (χ0) is 28.3. The number of benzene rings is 2. The fraction of sp³-hybridized carbons (Fsp3) is 0.440. The molecule has 0 bridgehead atoms. The second-order valence-corrected chi connectivity index (χ2v) is 9.65. The molecule has 13 heteroatoms. The summed E-state index contributed by atoms with van der Waals surface area (Å²) in [4.78, 5) is 27.6. The van der Waals surface area contributed by atoms with Crippen molar-refractivity contribution in [3.8, 4) is 0 Å². The molecular formula is C25H23F7N2O4. The highest BCUT2D eigenvalue weighted by Crippen LogP contribution is 2.54. The largest absolute Gasteiger partial charge is 0.447 e. The number of halogens is 7. The van der Waals surface area contributed by atoms with Gasteiger partial charge >= 0.3 is 12.4 Å². The molecule has 2 aliphatic rings. The third-order valence-corrected chi connectivity index (χ3v) is 7.27. The minimum Gasteiger partial charge on any atom is -0.368 e. The van der Waals surface area contributed by atoms with Gasteiger partial charge in [-0.05, 0) is 61.4 Å². The molecule has 0 aromatic heterocycles. The van der Waals surface area contributed by atoms with Gasteiger partial charge in [-0.2, -0.15) is 26.3 Å². The quantitative estimate of drug-likeness (QED) is 0.372. The monoisotopic (exact) mass is 548 g/mol. The van der Waals surface area contributed by atoms with Crippen molar-refractivity contribution in [1.29, 1.82) is 0 Å². The molecule has 1 saturated carbocycles. The van der Waals surface area contributed by atoms with Crippen molar-refractivity contribution in [3.05, 3.63) is 70.5 Å². The van der Waals surface area contributed by atoms with Crippen molar-refractivity contribution in [1.82, 2.24) is 4.90 Å². The first-order valence-corrected chi connectivity index (χ1v) is 11.6. The Kier molecular flexibility index (Phi) is 6.76. The number of alkyl halides is 6. The molecule has 0 spiro atoms. The maximum Gasteiger partial charge on any atom is 0.447 e. The maximum absolute atomic E-state index is 15.1. The first-order chi connectivity index (χ1) is 17.5. The highest BCUT2D eigenvalue weighted by Gasteiger charge is 2.59. The summed E-state index contributed by atoms with van der Waals surface area (Å²) in [5.74, 6) is -9.00. The summed E-state index contributed by atoms with van der Waals surface area (Å²) in [6.07, 6.45) is -9.19. The van der Waals surface area contributed by atoms with Crippen LogP contribution in [-0.2, 0) is 16.8 Å².